The third-order valence-corrected chi connectivity index (χ3v) is 3.96. The fraction of sp³-hybridized carbons (Fsp3) is 0.600. The van der Waals surface area contributed by atoms with E-state index in [0.717, 1.165) is 37.9 Å². The fourth-order valence-electron chi connectivity index (χ4n) is 2.74. The van der Waals surface area contributed by atoms with Crippen molar-refractivity contribution in [1.29, 1.82) is 0 Å². The van der Waals surface area contributed by atoms with Gasteiger partial charge in [0.25, 0.3) is 0 Å². The van der Waals surface area contributed by atoms with Crippen LogP contribution in [0.2, 0.25) is 0 Å². The van der Waals surface area contributed by atoms with E-state index >= 15 is 0 Å². The second-order valence-corrected chi connectivity index (χ2v) is 5.79. The highest BCUT2D eigenvalue weighted by atomic mass is 19.4. The van der Waals surface area contributed by atoms with Crippen LogP contribution in [0, 0.1) is 0 Å². The Morgan fingerprint density at radius 1 is 0.957 bits per heavy atom. The molecule has 1 fully saturated rings. The Balaban J connectivity index is 2.07. The predicted octanol–water partition coefficient (Wildman–Crippen LogP) is 3.64. The molecule has 0 unspecified atom stereocenters. The van der Waals surface area contributed by atoms with E-state index in [4.69, 9.17) is 0 Å². The van der Waals surface area contributed by atoms with Crippen molar-refractivity contribution in [3.05, 3.63) is 29.3 Å². The summed E-state index contributed by atoms with van der Waals surface area (Å²) < 4.78 is 76.5. The Bertz CT molecular complexity index is 485. The van der Waals surface area contributed by atoms with Crippen molar-refractivity contribution in [3.63, 3.8) is 0 Å². The number of benzene rings is 1. The molecule has 0 bridgehead atoms. The van der Waals surface area contributed by atoms with Crippen LogP contribution in [0.25, 0.3) is 0 Å². The molecule has 2 rings (SSSR count). The molecule has 2 nitrogen and oxygen atoms in total. The van der Waals surface area contributed by atoms with Crippen molar-refractivity contribution in [2.24, 2.45) is 0 Å². The quantitative estimate of drug-likeness (QED) is 0.805. The van der Waals surface area contributed by atoms with Crippen molar-refractivity contribution in [1.82, 2.24) is 0 Å². The van der Waals surface area contributed by atoms with Gasteiger partial charge in [0.1, 0.15) is 0 Å². The molecule has 23 heavy (non-hydrogen) atoms. The number of nitrogens with one attached hydrogen (secondary N) is 1. The first-order valence-corrected chi connectivity index (χ1v) is 7.53. The van der Waals surface area contributed by atoms with Gasteiger partial charge in [0.2, 0.25) is 0 Å². The van der Waals surface area contributed by atoms with Crippen LogP contribution in [0.5, 0.6) is 0 Å². The SMILES string of the molecule is FC(F)(F)c1cc(NCC[C@H]2CCCC[NH2+]2)cc(C(F)(F)F)c1. The molecule has 0 aliphatic carbocycles. The van der Waals surface area contributed by atoms with Gasteiger partial charge in [0, 0.05) is 18.7 Å². The van der Waals surface area contributed by atoms with Crippen LogP contribution in [-0.4, -0.2) is 19.1 Å². The van der Waals surface area contributed by atoms with Gasteiger partial charge in [-0.25, -0.2) is 0 Å². The summed E-state index contributed by atoms with van der Waals surface area (Å²) in [6.07, 6.45) is -5.63. The molecule has 1 aliphatic rings. The molecule has 0 saturated carbocycles. The molecule has 0 spiro atoms. The number of piperidine rings is 1. The summed E-state index contributed by atoms with van der Waals surface area (Å²) in [5.74, 6) is 0. The zero-order chi connectivity index (χ0) is 17.1. The third-order valence-electron chi connectivity index (χ3n) is 3.96. The second-order valence-electron chi connectivity index (χ2n) is 5.79. The van der Waals surface area contributed by atoms with Gasteiger partial charge in [-0.3, -0.25) is 0 Å². The van der Waals surface area contributed by atoms with E-state index in [1.165, 1.54) is 0 Å². The van der Waals surface area contributed by atoms with Crippen LogP contribution in [0.4, 0.5) is 32.0 Å². The van der Waals surface area contributed by atoms with E-state index in [2.05, 4.69) is 10.6 Å². The Morgan fingerprint density at radius 3 is 2.04 bits per heavy atom. The normalized spacial score (nSPS) is 19.7. The molecule has 0 radical (unpaired) electrons. The monoisotopic (exact) mass is 341 g/mol. The lowest BCUT2D eigenvalue weighted by Crippen LogP contribution is -2.91. The van der Waals surface area contributed by atoms with E-state index < -0.39 is 23.5 Å². The van der Waals surface area contributed by atoms with Crippen LogP contribution >= 0.6 is 0 Å². The van der Waals surface area contributed by atoms with E-state index in [9.17, 15) is 26.3 Å². The smallest absolute Gasteiger partial charge is 0.385 e. The Kier molecular flexibility index (Phi) is 5.44. The average molecular weight is 341 g/mol. The predicted molar refractivity (Wildman–Crippen MR) is 74.0 cm³/mol. The average Bonchev–Trinajstić information content (AvgIpc) is 2.46. The maximum absolute atomic E-state index is 12.7. The summed E-state index contributed by atoms with van der Waals surface area (Å²) in [6, 6.07) is 1.96. The number of hydrogen-bond acceptors (Lipinski definition) is 1. The number of nitrogens with two attached hydrogens (primary N) is 1. The number of hydrogen-bond donors (Lipinski definition) is 2. The Hall–Kier alpha value is -1.44. The first-order valence-electron chi connectivity index (χ1n) is 7.53. The topological polar surface area (TPSA) is 28.6 Å². The summed E-state index contributed by atoms with van der Waals surface area (Å²) in [5, 5.41) is 4.88. The largest absolute Gasteiger partial charge is 0.416 e. The minimum absolute atomic E-state index is 0.139. The second kappa shape index (κ2) is 6.98. The lowest BCUT2D eigenvalue weighted by atomic mass is 10.0. The molecule has 3 N–H and O–H groups in total. The summed E-state index contributed by atoms with van der Waals surface area (Å²) in [4.78, 5) is 0. The first-order chi connectivity index (χ1) is 10.7. The van der Waals surface area contributed by atoms with Crippen molar-refractivity contribution < 1.29 is 31.7 Å². The summed E-state index contributed by atoms with van der Waals surface area (Å²) in [6.45, 7) is 1.37. The lowest BCUT2D eigenvalue weighted by Gasteiger charge is -2.21. The maximum atomic E-state index is 12.7. The molecule has 8 heteroatoms. The van der Waals surface area contributed by atoms with Crippen LogP contribution in [0.1, 0.15) is 36.8 Å². The molecular weight excluding hydrogens is 322 g/mol. The molecule has 1 saturated heterocycles. The van der Waals surface area contributed by atoms with Crippen molar-refractivity contribution in [2.75, 3.05) is 18.4 Å². The lowest BCUT2D eigenvalue weighted by molar-refractivity contribution is -0.697. The van der Waals surface area contributed by atoms with Gasteiger partial charge in [0.05, 0.1) is 23.7 Å². The van der Waals surface area contributed by atoms with E-state index in [0.29, 0.717) is 19.0 Å². The number of anilines is 1. The minimum Gasteiger partial charge on any atom is -0.385 e. The zero-order valence-corrected chi connectivity index (χ0v) is 12.4. The highest BCUT2D eigenvalue weighted by Gasteiger charge is 2.36. The third kappa shape index (κ3) is 5.30. The highest BCUT2D eigenvalue weighted by molar-refractivity contribution is 5.50. The highest BCUT2D eigenvalue weighted by Crippen LogP contribution is 2.37. The van der Waals surface area contributed by atoms with E-state index in [-0.39, 0.29) is 11.8 Å². The summed E-state index contributed by atoms with van der Waals surface area (Å²) >= 11 is 0. The molecule has 130 valence electrons. The Morgan fingerprint density at radius 2 is 1.57 bits per heavy atom. The van der Waals surface area contributed by atoms with Gasteiger partial charge in [-0.1, -0.05) is 0 Å². The van der Waals surface area contributed by atoms with Crippen molar-refractivity contribution in [3.8, 4) is 0 Å². The molecule has 1 aliphatic heterocycles. The summed E-state index contributed by atoms with van der Waals surface area (Å²) in [7, 11) is 0. The summed E-state index contributed by atoms with van der Waals surface area (Å²) in [5.41, 5.74) is -2.74. The maximum Gasteiger partial charge on any atom is 0.416 e. The standard InChI is InChI=1S/C15H18F6N2/c16-14(17,18)10-7-11(15(19,20)21)9-13(8-10)23-6-4-12-3-1-2-5-22-12/h7-9,12,22-23H,1-6H2/p+1/t12-/m1/s1. The first kappa shape index (κ1) is 17.9. The van der Waals surface area contributed by atoms with Crippen molar-refractivity contribution >= 4 is 5.69 Å². The van der Waals surface area contributed by atoms with Gasteiger partial charge < -0.3 is 10.6 Å². The number of quaternary nitrogens is 1. The van der Waals surface area contributed by atoms with Gasteiger partial charge in [-0.2, -0.15) is 26.3 Å². The Labute approximate surface area is 130 Å². The number of alkyl halides is 6. The van der Waals surface area contributed by atoms with Gasteiger partial charge >= 0.3 is 12.4 Å². The number of halogens is 6. The van der Waals surface area contributed by atoms with Crippen LogP contribution < -0.4 is 10.6 Å². The zero-order valence-electron chi connectivity index (χ0n) is 12.4. The fourth-order valence-corrected chi connectivity index (χ4v) is 2.74. The van der Waals surface area contributed by atoms with Crippen molar-refractivity contribution in [2.45, 2.75) is 44.1 Å². The minimum atomic E-state index is -4.81. The van der Waals surface area contributed by atoms with E-state index in [1.54, 1.807) is 0 Å². The van der Waals surface area contributed by atoms with Gasteiger partial charge in [0.15, 0.2) is 0 Å². The molecule has 1 aromatic carbocycles. The molecule has 0 aromatic heterocycles. The van der Waals surface area contributed by atoms with Crippen LogP contribution in [0.3, 0.4) is 0 Å². The van der Waals surface area contributed by atoms with Crippen LogP contribution in [0.15, 0.2) is 18.2 Å². The molecule has 1 aromatic rings. The number of rotatable bonds is 4. The molecule has 1 heterocycles. The molecule has 1 atom stereocenters. The van der Waals surface area contributed by atoms with Crippen LogP contribution in [-0.2, 0) is 12.4 Å². The molecular formula is C15H19F6N2+. The van der Waals surface area contributed by atoms with Gasteiger partial charge in [-0.15, -0.1) is 0 Å². The molecule has 0 amide bonds. The van der Waals surface area contributed by atoms with Gasteiger partial charge in [-0.05, 0) is 37.5 Å². The van der Waals surface area contributed by atoms with E-state index in [1.807, 2.05) is 0 Å².